The lowest BCUT2D eigenvalue weighted by molar-refractivity contribution is -0.122. The van der Waals surface area contributed by atoms with E-state index in [9.17, 15) is 13.2 Å². The van der Waals surface area contributed by atoms with Crippen molar-refractivity contribution < 1.29 is 13.2 Å². The third-order valence-electron chi connectivity index (χ3n) is 5.74. The number of anilines is 2. The van der Waals surface area contributed by atoms with Gasteiger partial charge in [-0.1, -0.05) is 36.8 Å². The minimum Gasteiger partial charge on any atom is -0.372 e. The van der Waals surface area contributed by atoms with E-state index in [0.29, 0.717) is 18.7 Å². The Morgan fingerprint density at radius 1 is 1.03 bits per heavy atom. The molecular weight excluding hydrogens is 410 g/mol. The van der Waals surface area contributed by atoms with Gasteiger partial charge in [-0.15, -0.1) is 0 Å². The van der Waals surface area contributed by atoms with Gasteiger partial charge in [0.15, 0.2) is 0 Å². The van der Waals surface area contributed by atoms with Crippen molar-refractivity contribution in [2.24, 2.45) is 0 Å². The average Bonchev–Trinajstić information content (AvgIpc) is 2.77. The summed E-state index contributed by atoms with van der Waals surface area (Å²) in [4.78, 5) is 15.4. The van der Waals surface area contributed by atoms with Crippen molar-refractivity contribution in [2.45, 2.75) is 52.1 Å². The lowest BCUT2D eigenvalue weighted by Crippen LogP contribution is -2.49. The monoisotopic (exact) mass is 443 g/mol. The van der Waals surface area contributed by atoms with E-state index in [0.717, 1.165) is 30.5 Å². The second-order valence-corrected chi connectivity index (χ2v) is 10.1. The first-order valence-corrected chi connectivity index (χ1v) is 12.8. The van der Waals surface area contributed by atoms with Crippen molar-refractivity contribution in [3.8, 4) is 0 Å². The molecule has 0 saturated carbocycles. The number of amides is 1. The Bertz CT molecular complexity index is 966. The zero-order chi connectivity index (χ0) is 22.4. The maximum atomic E-state index is 13.0. The number of hydrogen-bond donors (Lipinski definition) is 1. The Labute approximate surface area is 186 Å². The Morgan fingerprint density at radius 2 is 1.65 bits per heavy atom. The van der Waals surface area contributed by atoms with Gasteiger partial charge in [-0.25, -0.2) is 8.42 Å². The van der Waals surface area contributed by atoms with Crippen LogP contribution in [0.1, 0.15) is 43.7 Å². The van der Waals surface area contributed by atoms with E-state index < -0.39 is 16.1 Å². The predicted molar refractivity (Wildman–Crippen MR) is 127 cm³/mol. The van der Waals surface area contributed by atoms with Gasteiger partial charge in [0.25, 0.3) is 0 Å². The number of benzene rings is 2. The molecular formula is C24H33N3O3S. The molecule has 2 aromatic carbocycles. The Hall–Kier alpha value is -2.54. The molecule has 1 aliphatic rings. The molecule has 0 spiro atoms. The maximum Gasteiger partial charge on any atom is 0.244 e. The second-order valence-electron chi connectivity index (χ2n) is 8.25. The van der Waals surface area contributed by atoms with Gasteiger partial charge in [-0.2, -0.15) is 0 Å². The molecule has 0 aliphatic carbocycles. The van der Waals surface area contributed by atoms with Gasteiger partial charge >= 0.3 is 0 Å². The molecule has 1 fully saturated rings. The highest BCUT2D eigenvalue weighted by Crippen LogP contribution is 2.23. The third kappa shape index (κ3) is 6.00. The lowest BCUT2D eigenvalue weighted by Gasteiger charge is -2.30. The number of carbonyl (C=O) groups excluding carboxylic acids is 1. The SMILES string of the molecule is CC[C@@H](C(=O)NCc1ccc(N2CCCCC2)cc1)N(c1ccc(C)cc1)S(C)(=O)=O. The minimum atomic E-state index is -3.62. The highest BCUT2D eigenvalue weighted by atomic mass is 32.2. The molecule has 3 rings (SSSR count). The van der Waals surface area contributed by atoms with Gasteiger partial charge < -0.3 is 10.2 Å². The molecule has 0 unspecified atom stereocenters. The molecule has 1 heterocycles. The highest BCUT2D eigenvalue weighted by Gasteiger charge is 2.31. The molecule has 0 radical (unpaired) electrons. The van der Waals surface area contributed by atoms with E-state index in [4.69, 9.17) is 0 Å². The molecule has 0 aromatic heterocycles. The molecule has 6 nitrogen and oxygen atoms in total. The van der Waals surface area contributed by atoms with E-state index in [-0.39, 0.29) is 5.91 Å². The smallest absolute Gasteiger partial charge is 0.244 e. The zero-order valence-electron chi connectivity index (χ0n) is 18.7. The van der Waals surface area contributed by atoms with Gasteiger partial charge in [0, 0.05) is 25.3 Å². The van der Waals surface area contributed by atoms with E-state index in [2.05, 4.69) is 22.3 Å². The van der Waals surface area contributed by atoms with Crippen LogP contribution in [0, 0.1) is 6.92 Å². The van der Waals surface area contributed by atoms with Gasteiger partial charge in [0.05, 0.1) is 11.9 Å². The summed E-state index contributed by atoms with van der Waals surface area (Å²) < 4.78 is 26.3. The lowest BCUT2D eigenvalue weighted by atomic mass is 10.1. The molecule has 1 aliphatic heterocycles. The van der Waals surface area contributed by atoms with E-state index in [1.54, 1.807) is 12.1 Å². The molecule has 2 aromatic rings. The van der Waals surface area contributed by atoms with Crippen LogP contribution in [0.3, 0.4) is 0 Å². The number of piperidine rings is 1. The predicted octanol–water partition coefficient (Wildman–Crippen LogP) is 3.85. The topological polar surface area (TPSA) is 69.7 Å². The largest absolute Gasteiger partial charge is 0.372 e. The maximum absolute atomic E-state index is 13.0. The molecule has 0 bridgehead atoms. The Morgan fingerprint density at radius 3 is 2.19 bits per heavy atom. The summed E-state index contributed by atoms with van der Waals surface area (Å²) in [5, 5.41) is 2.92. The molecule has 1 amide bonds. The van der Waals surface area contributed by atoms with Crippen molar-refractivity contribution in [1.29, 1.82) is 0 Å². The van der Waals surface area contributed by atoms with Crippen LogP contribution in [0.25, 0.3) is 0 Å². The molecule has 1 N–H and O–H groups in total. The average molecular weight is 444 g/mol. The van der Waals surface area contributed by atoms with E-state index in [1.165, 1.54) is 29.3 Å². The van der Waals surface area contributed by atoms with Gasteiger partial charge in [0.1, 0.15) is 6.04 Å². The second kappa shape index (κ2) is 10.2. The first kappa shape index (κ1) is 23.1. The van der Waals surface area contributed by atoms with Crippen LogP contribution >= 0.6 is 0 Å². The van der Waals surface area contributed by atoms with Crippen molar-refractivity contribution in [3.63, 3.8) is 0 Å². The summed E-state index contributed by atoms with van der Waals surface area (Å²) in [5.74, 6) is -0.298. The number of nitrogens with one attached hydrogen (secondary N) is 1. The zero-order valence-corrected chi connectivity index (χ0v) is 19.5. The molecule has 7 heteroatoms. The number of carbonyl (C=O) groups is 1. The van der Waals surface area contributed by atoms with Crippen LogP contribution in [-0.2, 0) is 21.4 Å². The Kier molecular flexibility index (Phi) is 7.59. The van der Waals surface area contributed by atoms with Crippen LogP contribution in [0.2, 0.25) is 0 Å². The number of aryl methyl sites for hydroxylation is 1. The van der Waals surface area contributed by atoms with Crippen LogP contribution in [0.5, 0.6) is 0 Å². The molecule has 31 heavy (non-hydrogen) atoms. The highest BCUT2D eigenvalue weighted by molar-refractivity contribution is 7.92. The first-order valence-electron chi connectivity index (χ1n) is 11.0. The summed E-state index contributed by atoms with van der Waals surface area (Å²) in [5.41, 5.74) is 3.73. The Balaban J connectivity index is 1.68. The summed E-state index contributed by atoms with van der Waals surface area (Å²) in [6.07, 6.45) is 5.27. The molecule has 1 atom stereocenters. The summed E-state index contributed by atoms with van der Waals surface area (Å²) >= 11 is 0. The minimum absolute atomic E-state index is 0.298. The summed E-state index contributed by atoms with van der Waals surface area (Å²) in [6, 6.07) is 14.6. The van der Waals surface area contributed by atoms with Gasteiger partial charge in [-0.05, 0) is 62.4 Å². The fourth-order valence-corrected chi connectivity index (χ4v) is 5.25. The molecule has 1 saturated heterocycles. The van der Waals surface area contributed by atoms with Crippen molar-refractivity contribution >= 4 is 27.3 Å². The first-order chi connectivity index (χ1) is 14.8. The summed E-state index contributed by atoms with van der Waals surface area (Å²) in [6.45, 7) is 6.31. The standard InChI is InChI=1S/C24H33N3O3S/c1-4-23(27(31(3,29)30)22-12-8-19(2)9-13-22)24(28)25-18-20-10-14-21(15-11-20)26-16-6-5-7-17-26/h8-15,23H,4-7,16-18H2,1-3H3,(H,25,28)/t23-/m0/s1. The fourth-order valence-electron chi connectivity index (χ4n) is 4.04. The molecule has 168 valence electrons. The van der Waals surface area contributed by atoms with Crippen molar-refractivity contribution in [1.82, 2.24) is 5.32 Å². The summed E-state index contributed by atoms with van der Waals surface area (Å²) in [7, 11) is -3.62. The van der Waals surface area contributed by atoms with Crippen molar-refractivity contribution in [2.75, 3.05) is 28.6 Å². The normalized spacial score (nSPS) is 15.4. The van der Waals surface area contributed by atoms with Crippen molar-refractivity contribution in [3.05, 3.63) is 59.7 Å². The number of rotatable bonds is 8. The van der Waals surface area contributed by atoms with E-state index in [1.807, 2.05) is 38.1 Å². The number of nitrogens with zero attached hydrogens (tertiary/aromatic N) is 2. The van der Waals surface area contributed by atoms with Crippen LogP contribution in [-0.4, -0.2) is 39.7 Å². The fraction of sp³-hybridized carbons (Fsp3) is 0.458. The van der Waals surface area contributed by atoms with Crippen LogP contribution in [0.4, 0.5) is 11.4 Å². The third-order valence-corrected chi connectivity index (χ3v) is 6.92. The van der Waals surface area contributed by atoms with Gasteiger partial charge in [-0.3, -0.25) is 9.10 Å². The number of sulfonamides is 1. The van der Waals surface area contributed by atoms with Crippen LogP contribution < -0.4 is 14.5 Å². The van der Waals surface area contributed by atoms with E-state index >= 15 is 0 Å². The number of hydrogen-bond acceptors (Lipinski definition) is 4. The quantitative estimate of drug-likeness (QED) is 0.673. The van der Waals surface area contributed by atoms with Gasteiger partial charge in [0.2, 0.25) is 15.9 Å². The van der Waals surface area contributed by atoms with Crippen LogP contribution in [0.15, 0.2) is 48.5 Å².